The summed E-state index contributed by atoms with van der Waals surface area (Å²) in [5, 5.41) is 3.07. The fourth-order valence-electron chi connectivity index (χ4n) is 2.63. The van der Waals surface area contributed by atoms with E-state index in [9.17, 15) is 4.91 Å². The Hall–Kier alpha value is -1.84. The molecule has 0 bridgehead atoms. The molecule has 102 valence electrons. The van der Waals surface area contributed by atoms with E-state index >= 15 is 0 Å². The van der Waals surface area contributed by atoms with Crippen LogP contribution in [0.15, 0.2) is 36.2 Å². The Morgan fingerprint density at radius 2 is 2.42 bits per heavy atom. The number of nitrogens with zero attached hydrogens (tertiary/aromatic N) is 3. The molecule has 0 aromatic carbocycles. The molecule has 0 amide bonds. The van der Waals surface area contributed by atoms with Crippen LogP contribution < -0.4 is 0 Å². The molecule has 2 heterocycles. The van der Waals surface area contributed by atoms with E-state index in [0.717, 1.165) is 30.9 Å². The summed E-state index contributed by atoms with van der Waals surface area (Å²) in [5.41, 5.74) is 2.10. The number of hydrogen-bond acceptors (Lipinski definition) is 3. The van der Waals surface area contributed by atoms with Crippen LogP contribution in [0.1, 0.15) is 26.0 Å². The standard InChI is InChI=1S/C15H21N3O/c1-4-8-17-9-5-6-14(17)13(2)18-10-7-15(3,12-18)11-16-19/h4-6,8-9H,2,7,10-12H2,1,3H3/b8-4-. The molecule has 1 fully saturated rings. The highest BCUT2D eigenvalue weighted by Crippen LogP contribution is 2.34. The minimum atomic E-state index is -0.0112. The summed E-state index contributed by atoms with van der Waals surface area (Å²) in [6.07, 6.45) is 7.02. The van der Waals surface area contributed by atoms with Crippen LogP contribution in [-0.2, 0) is 0 Å². The summed E-state index contributed by atoms with van der Waals surface area (Å²) in [6, 6.07) is 4.08. The maximum Gasteiger partial charge on any atom is 0.0882 e. The van der Waals surface area contributed by atoms with Crippen LogP contribution in [0.3, 0.4) is 0 Å². The highest BCUT2D eigenvalue weighted by atomic mass is 16.3. The third-order valence-corrected chi connectivity index (χ3v) is 3.77. The number of nitroso groups, excluding NO2 is 1. The van der Waals surface area contributed by atoms with Crippen LogP contribution >= 0.6 is 0 Å². The molecule has 1 atom stereocenters. The molecule has 4 nitrogen and oxygen atoms in total. The van der Waals surface area contributed by atoms with E-state index in [2.05, 4.69) is 34.2 Å². The first-order valence-electron chi connectivity index (χ1n) is 6.63. The summed E-state index contributed by atoms with van der Waals surface area (Å²) >= 11 is 0. The molecule has 0 aliphatic carbocycles. The predicted molar refractivity (Wildman–Crippen MR) is 79.4 cm³/mol. The van der Waals surface area contributed by atoms with Crippen molar-refractivity contribution < 1.29 is 0 Å². The van der Waals surface area contributed by atoms with Gasteiger partial charge in [-0.25, -0.2) is 0 Å². The van der Waals surface area contributed by atoms with Gasteiger partial charge in [-0.1, -0.05) is 24.8 Å². The molecule has 2 rings (SSSR count). The first-order valence-corrected chi connectivity index (χ1v) is 6.63. The van der Waals surface area contributed by atoms with E-state index in [4.69, 9.17) is 0 Å². The predicted octanol–water partition coefficient (Wildman–Crippen LogP) is 3.43. The van der Waals surface area contributed by atoms with Gasteiger partial charge in [-0.15, -0.1) is 0 Å². The summed E-state index contributed by atoms with van der Waals surface area (Å²) in [5.74, 6) is 0. The van der Waals surface area contributed by atoms with Crippen molar-refractivity contribution >= 4 is 11.9 Å². The second-order valence-electron chi connectivity index (χ2n) is 5.50. The number of rotatable bonds is 5. The van der Waals surface area contributed by atoms with Gasteiger partial charge in [-0.2, -0.15) is 4.91 Å². The van der Waals surface area contributed by atoms with Gasteiger partial charge in [-0.3, -0.25) is 0 Å². The molecule has 19 heavy (non-hydrogen) atoms. The Morgan fingerprint density at radius 1 is 1.63 bits per heavy atom. The van der Waals surface area contributed by atoms with E-state index in [-0.39, 0.29) is 5.41 Å². The summed E-state index contributed by atoms with van der Waals surface area (Å²) in [7, 11) is 0. The molecule has 1 aromatic rings. The average Bonchev–Trinajstić information content (AvgIpc) is 2.97. The Kier molecular flexibility index (Phi) is 3.88. The first kappa shape index (κ1) is 13.6. The van der Waals surface area contributed by atoms with E-state index < -0.39 is 0 Å². The number of aromatic nitrogens is 1. The van der Waals surface area contributed by atoms with Crippen molar-refractivity contribution in [2.24, 2.45) is 10.6 Å². The maximum atomic E-state index is 10.5. The number of allylic oxidation sites excluding steroid dienone is 1. The second-order valence-corrected chi connectivity index (χ2v) is 5.50. The summed E-state index contributed by atoms with van der Waals surface area (Å²) in [4.78, 5) is 12.8. The molecule has 0 spiro atoms. The third-order valence-electron chi connectivity index (χ3n) is 3.77. The molecular formula is C15H21N3O. The van der Waals surface area contributed by atoms with Crippen LogP contribution in [-0.4, -0.2) is 29.1 Å². The maximum absolute atomic E-state index is 10.5. The van der Waals surface area contributed by atoms with Gasteiger partial charge in [-0.05, 0) is 25.5 Å². The van der Waals surface area contributed by atoms with Crippen LogP contribution in [0, 0.1) is 10.3 Å². The van der Waals surface area contributed by atoms with E-state index in [1.54, 1.807) is 0 Å². The minimum Gasteiger partial charge on any atom is -0.370 e. The van der Waals surface area contributed by atoms with Crippen LogP contribution in [0.4, 0.5) is 0 Å². The SMILES string of the molecule is C=C(c1cccn1/C=C\C)N1CCC(C)(CN=O)C1. The summed E-state index contributed by atoms with van der Waals surface area (Å²) < 4.78 is 2.07. The molecule has 0 radical (unpaired) electrons. The van der Waals surface area contributed by atoms with Crippen LogP contribution in [0.25, 0.3) is 11.9 Å². The fourth-order valence-corrected chi connectivity index (χ4v) is 2.63. The van der Waals surface area contributed by atoms with Gasteiger partial charge in [0.05, 0.1) is 17.9 Å². The lowest BCUT2D eigenvalue weighted by Crippen LogP contribution is -2.26. The Bertz CT molecular complexity index is 503. The van der Waals surface area contributed by atoms with Gasteiger partial charge in [0.15, 0.2) is 0 Å². The van der Waals surface area contributed by atoms with E-state index in [1.807, 2.05) is 31.5 Å². The Morgan fingerprint density at radius 3 is 3.11 bits per heavy atom. The molecule has 1 saturated heterocycles. The number of hydrogen-bond donors (Lipinski definition) is 0. The van der Waals surface area contributed by atoms with E-state index in [1.165, 1.54) is 0 Å². The Labute approximate surface area is 114 Å². The molecule has 1 aliphatic rings. The highest BCUT2D eigenvalue weighted by Gasteiger charge is 2.35. The first-order chi connectivity index (χ1) is 9.09. The van der Waals surface area contributed by atoms with Crippen molar-refractivity contribution in [3.05, 3.63) is 41.6 Å². The average molecular weight is 259 g/mol. The van der Waals surface area contributed by atoms with Gasteiger partial charge in [0, 0.05) is 30.9 Å². The van der Waals surface area contributed by atoms with Gasteiger partial charge in [0.1, 0.15) is 0 Å². The molecule has 1 aromatic heterocycles. The molecule has 1 unspecified atom stereocenters. The van der Waals surface area contributed by atoms with Gasteiger partial charge in [0.25, 0.3) is 0 Å². The molecule has 0 saturated carbocycles. The van der Waals surface area contributed by atoms with Crippen molar-refractivity contribution in [2.75, 3.05) is 19.6 Å². The van der Waals surface area contributed by atoms with Crippen LogP contribution in [0.2, 0.25) is 0 Å². The van der Waals surface area contributed by atoms with Crippen molar-refractivity contribution in [3.8, 4) is 0 Å². The molecule has 1 aliphatic heterocycles. The second kappa shape index (κ2) is 5.43. The zero-order valence-electron chi connectivity index (χ0n) is 11.7. The van der Waals surface area contributed by atoms with Crippen molar-refractivity contribution in [3.63, 3.8) is 0 Å². The largest absolute Gasteiger partial charge is 0.370 e. The zero-order chi connectivity index (χ0) is 13.9. The quantitative estimate of drug-likeness (QED) is 0.760. The van der Waals surface area contributed by atoms with Gasteiger partial charge < -0.3 is 9.47 Å². The monoisotopic (exact) mass is 259 g/mol. The van der Waals surface area contributed by atoms with E-state index in [0.29, 0.717) is 6.54 Å². The van der Waals surface area contributed by atoms with Crippen molar-refractivity contribution in [1.82, 2.24) is 9.47 Å². The fraction of sp³-hybridized carbons (Fsp3) is 0.467. The smallest absolute Gasteiger partial charge is 0.0882 e. The van der Waals surface area contributed by atoms with Gasteiger partial charge in [0.2, 0.25) is 0 Å². The van der Waals surface area contributed by atoms with Gasteiger partial charge >= 0.3 is 0 Å². The molecule has 4 heteroatoms. The molecule has 0 N–H and O–H groups in total. The third kappa shape index (κ3) is 2.78. The zero-order valence-corrected chi connectivity index (χ0v) is 11.7. The Balaban J connectivity index is 2.13. The topological polar surface area (TPSA) is 37.6 Å². The number of likely N-dealkylation sites (tertiary alicyclic amines) is 1. The van der Waals surface area contributed by atoms with Crippen molar-refractivity contribution in [1.29, 1.82) is 0 Å². The van der Waals surface area contributed by atoms with Crippen LogP contribution in [0.5, 0.6) is 0 Å². The minimum absolute atomic E-state index is 0.0112. The lowest BCUT2D eigenvalue weighted by Gasteiger charge is -2.24. The molecular weight excluding hydrogens is 238 g/mol. The lowest BCUT2D eigenvalue weighted by atomic mass is 9.90. The lowest BCUT2D eigenvalue weighted by molar-refractivity contribution is 0.342. The highest BCUT2D eigenvalue weighted by molar-refractivity contribution is 5.61. The van der Waals surface area contributed by atoms with Crippen molar-refractivity contribution in [2.45, 2.75) is 20.3 Å². The summed E-state index contributed by atoms with van der Waals surface area (Å²) in [6.45, 7) is 10.5. The normalized spacial score (nSPS) is 23.2.